The van der Waals surface area contributed by atoms with Crippen LogP contribution in [0.3, 0.4) is 0 Å². The molecule has 0 bridgehead atoms. The fraction of sp³-hybridized carbons (Fsp3) is 0.600. The molecule has 0 radical (unpaired) electrons. The van der Waals surface area contributed by atoms with E-state index in [1.54, 1.807) is 0 Å². The van der Waals surface area contributed by atoms with Crippen LogP contribution in [0.25, 0.3) is 0 Å². The number of ether oxygens (including phenoxy) is 1. The van der Waals surface area contributed by atoms with Crippen LogP contribution in [0.2, 0.25) is 0 Å². The number of aromatic nitrogens is 2. The van der Waals surface area contributed by atoms with Crippen LogP contribution in [0.4, 0.5) is 5.82 Å². The van der Waals surface area contributed by atoms with Gasteiger partial charge in [0.2, 0.25) is 0 Å². The minimum Gasteiger partial charge on any atom is -0.377 e. The quantitative estimate of drug-likeness (QED) is 0.842. The molecule has 1 aromatic heterocycles. The second kappa shape index (κ2) is 4.97. The van der Waals surface area contributed by atoms with E-state index in [4.69, 9.17) is 4.74 Å². The first kappa shape index (κ1) is 11.6. The minimum absolute atomic E-state index is 0.150. The molecule has 0 spiro atoms. The normalized spacial score (nSPS) is 21.9. The number of hydrogen-bond donors (Lipinski definition) is 1. The fourth-order valence-corrected chi connectivity index (χ4v) is 2.25. The Balaban J connectivity index is 2.28. The minimum atomic E-state index is -0.150. The molecular weight excluding hydrogens is 274 g/mol. The second-order valence-corrected chi connectivity index (χ2v) is 4.64. The van der Waals surface area contributed by atoms with Crippen LogP contribution in [-0.4, -0.2) is 35.8 Å². The Morgan fingerprint density at radius 2 is 2.50 bits per heavy atom. The number of anilines is 1. The molecule has 2 rings (SSSR count). The van der Waals surface area contributed by atoms with E-state index in [9.17, 15) is 4.79 Å². The third-order valence-electron chi connectivity index (χ3n) is 2.53. The molecular formula is C10H14BrN3O2. The zero-order chi connectivity index (χ0) is 11.5. The lowest BCUT2D eigenvalue weighted by Crippen LogP contribution is -2.32. The van der Waals surface area contributed by atoms with Crippen molar-refractivity contribution in [1.82, 2.24) is 9.97 Å². The summed E-state index contributed by atoms with van der Waals surface area (Å²) >= 11 is 3.27. The average molecular weight is 288 g/mol. The third kappa shape index (κ3) is 2.44. The molecule has 1 aromatic rings. The van der Waals surface area contributed by atoms with E-state index in [0.29, 0.717) is 10.3 Å². The van der Waals surface area contributed by atoms with E-state index in [2.05, 4.69) is 30.8 Å². The Kier molecular flexibility index (Phi) is 3.60. The maximum atomic E-state index is 11.4. The molecule has 16 heavy (non-hydrogen) atoms. The summed E-state index contributed by atoms with van der Waals surface area (Å²) in [6.07, 6.45) is 2.54. The SMILES string of the molecule is CC1CN(c2nc[nH]c(=O)c2Br)CCCO1. The standard InChI is InChI=1S/C10H14BrN3O2/c1-7-5-14(3-2-4-16-7)9-8(11)10(15)13-6-12-9/h6-7H,2-5H2,1H3,(H,12,13,15). The number of halogens is 1. The summed E-state index contributed by atoms with van der Waals surface area (Å²) in [6, 6.07) is 0. The van der Waals surface area contributed by atoms with Crippen LogP contribution in [0, 0.1) is 0 Å². The monoisotopic (exact) mass is 287 g/mol. The molecule has 88 valence electrons. The van der Waals surface area contributed by atoms with Crippen molar-refractivity contribution in [1.29, 1.82) is 0 Å². The van der Waals surface area contributed by atoms with Crippen molar-refractivity contribution in [3.05, 3.63) is 21.2 Å². The number of nitrogens with zero attached hydrogens (tertiary/aromatic N) is 2. The van der Waals surface area contributed by atoms with Gasteiger partial charge in [-0.15, -0.1) is 0 Å². The largest absolute Gasteiger partial charge is 0.377 e. The summed E-state index contributed by atoms with van der Waals surface area (Å²) < 4.78 is 6.04. The molecule has 0 aliphatic carbocycles. The van der Waals surface area contributed by atoms with Crippen LogP contribution in [0.1, 0.15) is 13.3 Å². The Morgan fingerprint density at radius 1 is 1.69 bits per heavy atom. The van der Waals surface area contributed by atoms with E-state index < -0.39 is 0 Å². The van der Waals surface area contributed by atoms with Crippen molar-refractivity contribution in [2.24, 2.45) is 0 Å². The molecule has 0 saturated carbocycles. The molecule has 0 amide bonds. The first-order valence-electron chi connectivity index (χ1n) is 5.28. The maximum Gasteiger partial charge on any atom is 0.267 e. The van der Waals surface area contributed by atoms with Crippen molar-refractivity contribution in [3.8, 4) is 0 Å². The lowest BCUT2D eigenvalue weighted by molar-refractivity contribution is 0.0820. The predicted molar refractivity (Wildman–Crippen MR) is 64.8 cm³/mol. The number of aromatic amines is 1. The zero-order valence-corrected chi connectivity index (χ0v) is 10.7. The van der Waals surface area contributed by atoms with Crippen molar-refractivity contribution < 1.29 is 4.74 Å². The van der Waals surface area contributed by atoms with Crippen molar-refractivity contribution in [2.45, 2.75) is 19.4 Å². The summed E-state index contributed by atoms with van der Waals surface area (Å²) in [5.74, 6) is 0.695. The van der Waals surface area contributed by atoms with Gasteiger partial charge in [0, 0.05) is 19.7 Å². The number of hydrogen-bond acceptors (Lipinski definition) is 4. The van der Waals surface area contributed by atoms with E-state index in [1.807, 2.05) is 6.92 Å². The van der Waals surface area contributed by atoms with E-state index in [-0.39, 0.29) is 11.7 Å². The molecule has 1 fully saturated rings. The highest BCUT2D eigenvalue weighted by molar-refractivity contribution is 9.10. The van der Waals surface area contributed by atoms with Gasteiger partial charge in [-0.25, -0.2) is 4.98 Å². The Bertz CT molecular complexity index is 421. The number of nitrogens with one attached hydrogen (secondary N) is 1. The van der Waals surface area contributed by atoms with Gasteiger partial charge in [0.15, 0.2) is 0 Å². The van der Waals surface area contributed by atoms with E-state index in [1.165, 1.54) is 6.33 Å². The molecule has 1 aliphatic heterocycles. The zero-order valence-electron chi connectivity index (χ0n) is 9.07. The first-order valence-corrected chi connectivity index (χ1v) is 6.07. The highest BCUT2D eigenvalue weighted by atomic mass is 79.9. The number of H-pyrrole nitrogens is 1. The van der Waals surface area contributed by atoms with Gasteiger partial charge in [-0.05, 0) is 29.3 Å². The molecule has 0 aromatic carbocycles. The molecule has 1 atom stereocenters. The van der Waals surface area contributed by atoms with E-state index >= 15 is 0 Å². The molecule has 1 N–H and O–H groups in total. The molecule has 1 aliphatic rings. The Morgan fingerprint density at radius 3 is 3.31 bits per heavy atom. The van der Waals surface area contributed by atoms with Crippen LogP contribution in [-0.2, 0) is 4.74 Å². The van der Waals surface area contributed by atoms with Gasteiger partial charge in [0.05, 0.1) is 12.4 Å². The summed E-state index contributed by atoms with van der Waals surface area (Å²) in [4.78, 5) is 20.3. The Labute approximate surface area is 102 Å². The molecule has 6 heteroatoms. The second-order valence-electron chi connectivity index (χ2n) is 3.85. The summed E-state index contributed by atoms with van der Waals surface area (Å²) in [7, 11) is 0. The summed E-state index contributed by atoms with van der Waals surface area (Å²) in [5, 5.41) is 0. The van der Waals surface area contributed by atoms with Gasteiger partial charge in [-0.2, -0.15) is 0 Å². The Hall–Kier alpha value is -0.880. The van der Waals surface area contributed by atoms with Crippen molar-refractivity contribution >= 4 is 21.7 Å². The molecule has 1 saturated heterocycles. The fourth-order valence-electron chi connectivity index (χ4n) is 1.78. The smallest absolute Gasteiger partial charge is 0.267 e. The van der Waals surface area contributed by atoms with Crippen LogP contribution >= 0.6 is 15.9 Å². The first-order chi connectivity index (χ1) is 7.68. The highest BCUT2D eigenvalue weighted by Crippen LogP contribution is 2.21. The van der Waals surface area contributed by atoms with Gasteiger partial charge < -0.3 is 14.6 Å². The van der Waals surface area contributed by atoms with Gasteiger partial charge >= 0.3 is 0 Å². The van der Waals surface area contributed by atoms with Crippen LogP contribution < -0.4 is 10.5 Å². The lowest BCUT2D eigenvalue weighted by Gasteiger charge is -2.23. The third-order valence-corrected chi connectivity index (χ3v) is 3.24. The van der Waals surface area contributed by atoms with Crippen molar-refractivity contribution in [2.75, 3.05) is 24.6 Å². The summed E-state index contributed by atoms with van der Waals surface area (Å²) in [5.41, 5.74) is -0.150. The average Bonchev–Trinajstić information content (AvgIpc) is 2.47. The lowest BCUT2D eigenvalue weighted by atomic mass is 10.3. The molecule has 1 unspecified atom stereocenters. The van der Waals surface area contributed by atoms with Crippen molar-refractivity contribution in [3.63, 3.8) is 0 Å². The van der Waals surface area contributed by atoms with Gasteiger partial charge in [0.25, 0.3) is 5.56 Å². The predicted octanol–water partition coefficient (Wildman–Crippen LogP) is 1.15. The van der Waals surface area contributed by atoms with E-state index in [0.717, 1.165) is 26.1 Å². The maximum absolute atomic E-state index is 11.4. The van der Waals surface area contributed by atoms with Crippen LogP contribution in [0.5, 0.6) is 0 Å². The van der Waals surface area contributed by atoms with Gasteiger partial charge in [-0.1, -0.05) is 0 Å². The number of rotatable bonds is 1. The topological polar surface area (TPSA) is 58.2 Å². The molecule has 5 nitrogen and oxygen atoms in total. The summed E-state index contributed by atoms with van der Waals surface area (Å²) in [6.45, 7) is 4.41. The van der Waals surface area contributed by atoms with Crippen LogP contribution in [0.15, 0.2) is 15.6 Å². The molecule has 2 heterocycles. The highest BCUT2D eigenvalue weighted by Gasteiger charge is 2.19. The van der Waals surface area contributed by atoms with Gasteiger partial charge in [0.1, 0.15) is 10.3 Å². The van der Waals surface area contributed by atoms with Gasteiger partial charge in [-0.3, -0.25) is 4.79 Å².